The second-order valence-corrected chi connectivity index (χ2v) is 6.17. The Morgan fingerprint density at radius 3 is 2.18 bits per heavy atom. The van der Waals surface area contributed by atoms with E-state index in [4.69, 9.17) is 4.74 Å². The number of hydrogen-bond donors (Lipinski definition) is 0. The molecule has 0 unspecified atom stereocenters. The van der Waals surface area contributed by atoms with Gasteiger partial charge in [-0.15, -0.1) is 0 Å². The van der Waals surface area contributed by atoms with Crippen LogP contribution in [0.1, 0.15) is 46.5 Å². The van der Waals surface area contributed by atoms with Crippen molar-refractivity contribution in [1.29, 1.82) is 0 Å². The van der Waals surface area contributed by atoms with Gasteiger partial charge < -0.3 is 9.64 Å². The van der Waals surface area contributed by atoms with E-state index in [0.717, 1.165) is 25.7 Å². The van der Waals surface area contributed by atoms with Gasteiger partial charge in [0.15, 0.2) is 0 Å². The molecule has 0 bridgehead atoms. The van der Waals surface area contributed by atoms with Gasteiger partial charge in [0.05, 0.1) is 0 Å². The molecule has 0 aromatic carbocycles. The van der Waals surface area contributed by atoms with Gasteiger partial charge in [0.2, 0.25) is 0 Å². The maximum absolute atomic E-state index is 11.8. The summed E-state index contributed by atoms with van der Waals surface area (Å²) < 4.78 is 5.33. The van der Waals surface area contributed by atoms with Crippen molar-refractivity contribution in [1.82, 2.24) is 4.90 Å². The Bertz CT molecular complexity index is 335. The normalized spacial score (nSPS) is 23.5. The topological polar surface area (TPSA) is 46.6 Å². The van der Waals surface area contributed by atoms with Crippen LogP contribution in [-0.4, -0.2) is 35.5 Å². The smallest absolute Gasteiger partial charge is 0.410 e. The molecule has 4 nitrogen and oxygen atoms in total. The fourth-order valence-corrected chi connectivity index (χ4v) is 2.55. The van der Waals surface area contributed by atoms with Crippen LogP contribution < -0.4 is 0 Å². The first kappa shape index (κ1) is 12.4. The van der Waals surface area contributed by atoms with Gasteiger partial charge in [-0.1, -0.05) is 0 Å². The first-order valence-electron chi connectivity index (χ1n) is 6.34. The number of piperidine rings is 1. The number of amides is 1. The molecule has 1 aliphatic carbocycles. The summed E-state index contributed by atoms with van der Waals surface area (Å²) in [6, 6.07) is 0. The molecule has 1 aliphatic heterocycles. The van der Waals surface area contributed by atoms with Crippen LogP contribution in [0.4, 0.5) is 4.79 Å². The second-order valence-electron chi connectivity index (χ2n) is 6.17. The highest BCUT2D eigenvalue weighted by Crippen LogP contribution is 2.45. The van der Waals surface area contributed by atoms with Crippen LogP contribution in [0.25, 0.3) is 0 Å². The molecule has 2 rings (SSSR count). The second kappa shape index (κ2) is 4.00. The van der Waals surface area contributed by atoms with Crippen molar-refractivity contribution in [2.24, 2.45) is 5.41 Å². The van der Waals surface area contributed by atoms with Crippen molar-refractivity contribution in [3.05, 3.63) is 0 Å². The highest BCUT2D eigenvalue weighted by atomic mass is 16.6. The Balaban J connectivity index is 1.87. The summed E-state index contributed by atoms with van der Waals surface area (Å²) in [7, 11) is 0. The molecule has 1 saturated carbocycles. The average Bonchev–Trinajstić information content (AvgIpc) is 2.25. The van der Waals surface area contributed by atoms with Crippen LogP contribution >= 0.6 is 0 Å². The van der Waals surface area contributed by atoms with Gasteiger partial charge in [-0.25, -0.2) is 4.79 Å². The lowest BCUT2D eigenvalue weighted by Gasteiger charge is -2.46. The van der Waals surface area contributed by atoms with Gasteiger partial charge in [0.25, 0.3) is 0 Å². The minimum Gasteiger partial charge on any atom is -0.444 e. The quantitative estimate of drug-likeness (QED) is 0.652. The van der Waals surface area contributed by atoms with Crippen molar-refractivity contribution in [2.45, 2.75) is 52.1 Å². The van der Waals surface area contributed by atoms with Gasteiger partial charge in [0.1, 0.15) is 11.4 Å². The zero-order valence-electron chi connectivity index (χ0n) is 10.9. The fourth-order valence-electron chi connectivity index (χ4n) is 2.55. The third-order valence-electron chi connectivity index (χ3n) is 3.79. The van der Waals surface area contributed by atoms with Crippen LogP contribution in [0.3, 0.4) is 0 Å². The SMILES string of the molecule is CC(C)(C)OC(=O)N1CCC2(CCC2=O)CC1. The zero-order chi connectivity index (χ0) is 12.7. The summed E-state index contributed by atoms with van der Waals surface area (Å²) in [6.07, 6.45) is 3.11. The third kappa shape index (κ3) is 2.45. The first-order valence-corrected chi connectivity index (χ1v) is 6.34. The van der Waals surface area contributed by atoms with E-state index in [1.165, 1.54) is 0 Å². The maximum atomic E-state index is 11.8. The predicted molar refractivity (Wildman–Crippen MR) is 63.7 cm³/mol. The molecule has 1 amide bonds. The number of nitrogens with zero attached hydrogens (tertiary/aromatic N) is 1. The van der Waals surface area contributed by atoms with Crippen molar-refractivity contribution < 1.29 is 14.3 Å². The molecule has 96 valence electrons. The molecule has 0 aromatic heterocycles. The van der Waals surface area contributed by atoms with Gasteiger partial charge in [-0.2, -0.15) is 0 Å². The lowest BCUT2D eigenvalue weighted by Crippen LogP contribution is -2.51. The number of carbonyl (C=O) groups is 2. The molecule has 0 aromatic rings. The summed E-state index contributed by atoms with van der Waals surface area (Å²) in [5, 5.41) is 0. The highest BCUT2D eigenvalue weighted by molar-refractivity contribution is 5.90. The van der Waals surface area contributed by atoms with E-state index < -0.39 is 5.60 Å². The largest absolute Gasteiger partial charge is 0.444 e. The minimum absolute atomic E-state index is 0.0848. The first-order chi connectivity index (χ1) is 7.82. The van der Waals surface area contributed by atoms with Gasteiger partial charge in [0, 0.05) is 24.9 Å². The summed E-state index contributed by atoms with van der Waals surface area (Å²) in [6.45, 7) is 6.91. The molecule has 0 N–H and O–H groups in total. The van der Waals surface area contributed by atoms with Crippen molar-refractivity contribution in [3.8, 4) is 0 Å². The number of likely N-dealkylation sites (tertiary alicyclic amines) is 1. The summed E-state index contributed by atoms with van der Waals surface area (Å²) in [5.74, 6) is 0.390. The number of rotatable bonds is 0. The zero-order valence-corrected chi connectivity index (χ0v) is 10.9. The third-order valence-corrected chi connectivity index (χ3v) is 3.79. The standard InChI is InChI=1S/C13H21NO3/c1-12(2,3)17-11(16)14-8-6-13(7-9-14)5-4-10(13)15/h4-9H2,1-3H3. The van der Waals surface area contributed by atoms with E-state index in [1.54, 1.807) is 4.90 Å². The lowest BCUT2D eigenvalue weighted by molar-refractivity contribution is -0.142. The Morgan fingerprint density at radius 2 is 1.82 bits per heavy atom. The van der Waals surface area contributed by atoms with Crippen molar-refractivity contribution >= 4 is 11.9 Å². The Labute approximate surface area is 102 Å². The van der Waals surface area contributed by atoms with E-state index >= 15 is 0 Å². The average molecular weight is 239 g/mol. The highest BCUT2D eigenvalue weighted by Gasteiger charge is 2.48. The van der Waals surface area contributed by atoms with Crippen LogP contribution in [0.15, 0.2) is 0 Å². The number of hydrogen-bond acceptors (Lipinski definition) is 3. The summed E-state index contributed by atoms with van der Waals surface area (Å²) >= 11 is 0. The molecule has 4 heteroatoms. The van der Waals surface area contributed by atoms with Crippen LogP contribution in [0.2, 0.25) is 0 Å². The maximum Gasteiger partial charge on any atom is 0.410 e. The minimum atomic E-state index is -0.446. The number of Topliss-reactive ketones (excluding diaryl/α,β-unsaturated/α-hetero) is 1. The molecule has 1 heterocycles. The van der Waals surface area contributed by atoms with E-state index in [2.05, 4.69) is 0 Å². The molecule has 1 spiro atoms. The number of carbonyl (C=O) groups excluding carboxylic acids is 2. The molecule has 2 fully saturated rings. The van der Waals surface area contributed by atoms with Crippen LogP contribution in [0, 0.1) is 5.41 Å². The van der Waals surface area contributed by atoms with E-state index in [0.29, 0.717) is 18.9 Å². The van der Waals surface area contributed by atoms with Gasteiger partial charge in [-0.05, 0) is 40.0 Å². The summed E-state index contributed by atoms with van der Waals surface area (Å²) in [5.41, 5.74) is -0.531. The van der Waals surface area contributed by atoms with E-state index in [-0.39, 0.29) is 11.5 Å². The molecular formula is C13H21NO3. The molecular weight excluding hydrogens is 218 g/mol. The fraction of sp³-hybridized carbons (Fsp3) is 0.846. The Hall–Kier alpha value is -1.06. The lowest BCUT2D eigenvalue weighted by atomic mass is 9.62. The van der Waals surface area contributed by atoms with E-state index in [1.807, 2.05) is 20.8 Å². The number of ketones is 1. The molecule has 17 heavy (non-hydrogen) atoms. The molecule has 0 radical (unpaired) electrons. The predicted octanol–water partition coefficient (Wildman–Crippen LogP) is 2.37. The number of ether oxygens (including phenoxy) is 1. The summed E-state index contributed by atoms with van der Waals surface area (Å²) in [4.78, 5) is 25.1. The Kier molecular flexibility index (Phi) is 2.92. The van der Waals surface area contributed by atoms with E-state index in [9.17, 15) is 9.59 Å². The van der Waals surface area contributed by atoms with Crippen LogP contribution in [0.5, 0.6) is 0 Å². The van der Waals surface area contributed by atoms with Gasteiger partial charge >= 0.3 is 6.09 Å². The van der Waals surface area contributed by atoms with Gasteiger partial charge in [-0.3, -0.25) is 4.79 Å². The van der Waals surface area contributed by atoms with Crippen molar-refractivity contribution in [3.63, 3.8) is 0 Å². The van der Waals surface area contributed by atoms with Crippen LogP contribution in [-0.2, 0) is 9.53 Å². The van der Waals surface area contributed by atoms with Crippen molar-refractivity contribution in [2.75, 3.05) is 13.1 Å². The monoisotopic (exact) mass is 239 g/mol. The molecule has 2 aliphatic rings. The molecule has 0 atom stereocenters. The molecule has 1 saturated heterocycles. The Morgan fingerprint density at radius 1 is 1.24 bits per heavy atom.